The van der Waals surface area contributed by atoms with Crippen molar-refractivity contribution >= 4 is 11.6 Å². The fourth-order valence-electron chi connectivity index (χ4n) is 1.62. The number of hydrazone groups is 1. The summed E-state index contributed by atoms with van der Waals surface area (Å²) in [5.41, 5.74) is 0.568. The molecule has 5 heteroatoms. The normalized spacial score (nSPS) is 24.3. The van der Waals surface area contributed by atoms with Gasteiger partial charge in [-0.3, -0.25) is 4.79 Å². The first-order chi connectivity index (χ1) is 7.02. The SMILES string of the molecule is CCC(C)C1NC(=O)C(C(C)=NN)=C1O. The summed E-state index contributed by atoms with van der Waals surface area (Å²) in [5, 5.41) is 16.0. The molecule has 0 saturated heterocycles. The molecule has 4 N–H and O–H groups in total. The predicted molar refractivity (Wildman–Crippen MR) is 58.3 cm³/mol. The number of amides is 1. The Morgan fingerprint density at radius 2 is 2.33 bits per heavy atom. The number of hydrogen-bond acceptors (Lipinski definition) is 4. The summed E-state index contributed by atoms with van der Waals surface area (Å²) in [6.45, 7) is 5.58. The van der Waals surface area contributed by atoms with Crippen LogP contribution in [-0.2, 0) is 4.79 Å². The molecule has 84 valence electrons. The number of carbonyl (C=O) groups excluding carboxylic acids is 1. The van der Waals surface area contributed by atoms with Crippen molar-refractivity contribution in [2.75, 3.05) is 0 Å². The number of rotatable bonds is 3. The molecule has 1 rings (SSSR count). The number of hydrogen-bond donors (Lipinski definition) is 3. The largest absolute Gasteiger partial charge is 0.509 e. The van der Waals surface area contributed by atoms with Crippen LogP contribution in [0.3, 0.4) is 0 Å². The standard InChI is InChI=1S/C10H17N3O2/c1-4-5(2)8-9(14)7(6(3)13-11)10(15)12-8/h5,8,14H,4,11H2,1-3H3,(H,12,15). The second-order valence-electron chi connectivity index (χ2n) is 3.81. The zero-order valence-electron chi connectivity index (χ0n) is 9.24. The van der Waals surface area contributed by atoms with Gasteiger partial charge >= 0.3 is 0 Å². The molecule has 0 spiro atoms. The van der Waals surface area contributed by atoms with E-state index < -0.39 is 0 Å². The summed E-state index contributed by atoms with van der Waals surface area (Å²) in [6.07, 6.45) is 0.876. The van der Waals surface area contributed by atoms with E-state index in [1.54, 1.807) is 6.92 Å². The van der Waals surface area contributed by atoms with Gasteiger partial charge in [-0.15, -0.1) is 0 Å². The van der Waals surface area contributed by atoms with Crippen LogP contribution in [0.1, 0.15) is 27.2 Å². The van der Waals surface area contributed by atoms with Gasteiger partial charge in [-0.25, -0.2) is 0 Å². The minimum Gasteiger partial charge on any atom is -0.509 e. The van der Waals surface area contributed by atoms with Crippen molar-refractivity contribution in [1.29, 1.82) is 0 Å². The van der Waals surface area contributed by atoms with Crippen molar-refractivity contribution in [1.82, 2.24) is 5.32 Å². The number of aliphatic hydroxyl groups is 1. The average molecular weight is 211 g/mol. The average Bonchev–Trinajstić information content (AvgIpc) is 2.52. The fraction of sp³-hybridized carbons (Fsp3) is 0.600. The molecule has 0 saturated carbocycles. The first kappa shape index (κ1) is 11.6. The van der Waals surface area contributed by atoms with Crippen LogP contribution in [0.15, 0.2) is 16.4 Å². The molecule has 2 unspecified atom stereocenters. The van der Waals surface area contributed by atoms with Gasteiger partial charge in [0.2, 0.25) is 0 Å². The fourth-order valence-corrected chi connectivity index (χ4v) is 1.62. The molecule has 0 fully saturated rings. The Labute approximate surface area is 89.0 Å². The molecule has 0 aromatic heterocycles. The van der Waals surface area contributed by atoms with E-state index in [-0.39, 0.29) is 29.2 Å². The zero-order valence-corrected chi connectivity index (χ0v) is 9.24. The van der Waals surface area contributed by atoms with E-state index in [0.717, 1.165) is 6.42 Å². The highest BCUT2D eigenvalue weighted by Gasteiger charge is 2.35. The highest BCUT2D eigenvalue weighted by molar-refractivity contribution is 6.22. The molecule has 1 amide bonds. The Balaban J connectivity index is 3.04. The number of nitrogens with two attached hydrogens (primary N) is 1. The molecule has 0 radical (unpaired) electrons. The lowest BCUT2D eigenvalue weighted by atomic mass is 9.97. The van der Waals surface area contributed by atoms with Gasteiger partial charge in [0.05, 0.1) is 11.8 Å². The Morgan fingerprint density at radius 1 is 1.73 bits per heavy atom. The lowest BCUT2D eigenvalue weighted by Crippen LogP contribution is -2.34. The Morgan fingerprint density at radius 3 is 2.80 bits per heavy atom. The van der Waals surface area contributed by atoms with Crippen molar-refractivity contribution in [3.63, 3.8) is 0 Å². The smallest absolute Gasteiger partial charge is 0.257 e. The molecule has 0 aromatic carbocycles. The van der Waals surface area contributed by atoms with Crippen LogP contribution >= 0.6 is 0 Å². The second-order valence-corrected chi connectivity index (χ2v) is 3.81. The lowest BCUT2D eigenvalue weighted by molar-refractivity contribution is -0.116. The minimum atomic E-state index is -0.311. The van der Waals surface area contributed by atoms with Crippen LogP contribution in [0.25, 0.3) is 0 Å². The van der Waals surface area contributed by atoms with Gasteiger partial charge in [-0.2, -0.15) is 5.10 Å². The molecular formula is C10H17N3O2. The number of aliphatic hydroxyl groups excluding tert-OH is 1. The maximum Gasteiger partial charge on any atom is 0.257 e. The Kier molecular flexibility index (Phi) is 3.34. The summed E-state index contributed by atoms with van der Waals surface area (Å²) in [6, 6.07) is -0.311. The summed E-state index contributed by atoms with van der Waals surface area (Å²) >= 11 is 0. The van der Waals surface area contributed by atoms with E-state index in [2.05, 4.69) is 10.4 Å². The molecule has 5 nitrogen and oxygen atoms in total. The van der Waals surface area contributed by atoms with Gasteiger partial charge in [-0.05, 0) is 12.8 Å². The molecule has 2 atom stereocenters. The van der Waals surface area contributed by atoms with E-state index in [0.29, 0.717) is 5.71 Å². The van der Waals surface area contributed by atoms with Crippen molar-refractivity contribution in [2.24, 2.45) is 16.9 Å². The Bertz CT molecular complexity index is 334. The highest BCUT2D eigenvalue weighted by atomic mass is 16.3. The molecule has 1 aliphatic rings. The molecule has 1 aliphatic heterocycles. The van der Waals surface area contributed by atoms with Gasteiger partial charge in [0.1, 0.15) is 11.3 Å². The molecular weight excluding hydrogens is 194 g/mol. The number of carbonyl (C=O) groups is 1. The van der Waals surface area contributed by atoms with Crippen LogP contribution in [-0.4, -0.2) is 22.8 Å². The molecule has 0 aliphatic carbocycles. The third-order valence-corrected chi connectivity index (χ3v) is 2.83. The predicted octanol–water partition coefficient (Wildman–Crippen LogP) is 0.678. The molecule has 0 bridgehead atoms. The van der Waals surface area contributed by atoms with Crippen LogP contribution < -0.4 is 11.2 Å². The summed E-state index contributed by atoms with van der Waals surface area (Å²) in [5.74, 6) is 5.04. The van der Waals surface area contributed by atoms with Gasteiger partial charge in [0.25, 0.3) is 5.91 Å². The number of nitrogens with zero attached hydrogens (tertiary/aromatic N) is 1. The first-order valence-electron chi connectivity index (χ1n) is 5.01. The lowest BCUT2D eigenvalue weighted by Gasteiger charge is -2.17. The maximum atomic E-state index is 11.6. The van der Waals surface area contributed by atoms with E-state index in [9.17, 15) is 9.90 Å². The van der Waals surface area contributed by atoms with Crippen molar-refractivity contribution in [3.8, 4) is 0 Å². The van der Waals surface area contributed by atoms with Crippen LogP contribution in [0.5, 0.6) is 0 Å². The van der Waals surface area contributed by atoms with E-state index in [1.165, 1.54) is 0 Å². The van der Waals surface area contributed by atoms with E-state index in [4.69, 9.17) is 5.84 Å². The maximum absolute atomic E-state index is 11.6. The zero-order chi connectivity index (χ0) is 11.6. The van der Waals surface area contributed by atoms with Crippen molar-refractivity contribution in [2.45, 2.75) is 33.2 Å². The third kappa shape index (κ3) is 1.95. The Hall–Kier alpha value is -1.52. The minimum absolute atomic E-state index is 0.0565. The van der Waals surface area contributed by atoms with Crippen molar-refractivity contribution < 1.29 is 9.90 Å². The van der Waals surface area contributed by atoms with Gasteiger partial charge in [0.15, 0.2) is 0 Å². The summed E-state index contributed by atoms with van der Waals surface area (Å²) in [7, 11) is 0. The summed E-state index contributed by atoms with van der Waals surface area (Å²) < 4.78 is 0. The topological polar surface area (TPSA) is 87.7 Å². The first-order valence-corrected chi connectivity index (χ1v) is 5.01. The van der Waals surface area contributed by atoms with Gasteiger partial charge < -0.3 is 16.3 Å². The van der Waals surface area contributed by atoms with Gasteiger partial charge in [-0.1, -0.05) is 20.3 Å². The third-order valence-electron chi connectivity index (χ3n) is 2.83. The molecule has 1 heterocycles. The van der Waals surface area contributed by atoms with Crippen LogP contribution in [0.2, 0.25) is 0 Å². The number of nitrogens with one attached hydrogen (secondary N) is 1. The summed E-state index contributed by atoms with van der Waals surface area (Å²) in [4.78, 5) is 11.6. The quantitative estimate of drug-likeness (QED) is 0.364. The van der Waals surface area contributed by atoms with Crippen molar-refractivity contribution in [3.05, 3.63) is 11.3 Å². The van der Waals surface area contributed by atoms with E-state index in [1.807, 2.05) is 13.8 Å². The van der Waals surface area contributed by atoms with E-state index >= 15 is 0 Å². The monoisotopic (exact) mass is 211 g/mol. The van der Waals surface area contributed by atoms with Gasteiger partial charge in [0, 0.05) is 0 Å². The molecule has 0 aromatic rings. The van der Waals surface area contributed by atoms with Crippen LogP contribution in [0.4, 0.5) is 0 Å². The van der Waals surface area contributed by atoms with Crippen LogP contribution in [0, 0.1) is 5.92 Å². The highest BCUT2D eigenvalue weighted by Crippen LogP contribution is 2.23. The second kappa shape index (κ2) is 4.33. The molecule has 15 heavy (non-hydrogen) atoms.